The van der Waals surface area contributed by atoms with Crippen molar-refractivity contribution in [1.82, 2.24) is 20.5 Å². The van der Waals surface area contributed by atoms with Crippen LogP contribution < -0.4 is 10.6 Å². The summed E-state index contributed by atoms with van der Waals surface area (Å²) in [6.07, 6.45) is 1.30. The third kappa shape index (κ3) is 2.41. The highest BCUT2D eigenvalue weighted by molar-refractivity contribution is 5.88. The van der Waals surface area contributed by atoms with E-state index in [2.05, 4.69) is 32.4 Å². The number of nitrogens with zero attached hydrogens (tertiary/aromatic N) is 2. The summed E-state index contributed by atoms with van der Waals surface area (Å²) in [5.74, 6) is 0.300. The number of allylic oxidation sites excluding steroid dienone is 1. The Morgan fingerprint density at radius 1 is 1.75 bits per heavy atom. The minimum atomic E-state index is -0.390. The molecule has 0 aliphatic rings. The molecule has 0 aliphatic heterocycles. The summed E-state index contributed by atoms with van der Waals surface area (Å²) in [5, 5.41) is 10.9. The lowest BCUT2D eigenvalue weighted by Gasteiger charge is -2.02. The van der Waals surface area contributed by atoms with E-state index in [1.807, 2.05) is 0 Å². The van der Waals surface area contributed by atoms with E-state index in [1.54, 1.807) is 6.92 Å². The first-order valence-corrected chi connectivity index (χ1v) is 3.27. The van der Waals surface area contributed by atoms with Crippen LogP contribution >= 0.6 is 0 Å². The van der Waals surface area contributed by atoms with Crippen molar-refractivity contribution in [3.05, 3.63) is 18.6 Å². The zero-order chi connectivity index (χ0) is 8.97. The van der Waals surface area contributed by atoms with Crippen molar-refractivity contribution >= 4 is 12.0 Å². The molecule has 1 aromatic heterocycles. The molecular formula is C6H9N5O. The van der Waals surface area contributed by atoms with E-state index in [-0.39, 0.29) is 6.03 Å². The number of carbonyl (C=O) groups is 1. The van der Waals surface area contributed by atoms with Crippen molar-refractivity contribution in [2.75, 3.05) is 5.32 Å². The zero-order valence-corrected chi connectivity index (χ0v) is 6.59. The number of aromatic nitrogens is 3. The quantitative estimate of drug-likeness (QED) is 0.598. The van der Waals surface area contributed by atoms with Crippen molar-refractivity contribution in [3.63, 3.8) is 0 Å². The van der Waals surface area contributed by atoms with Gasteiger partial charge in [0.2, 0.25) is 5.95 Å². The topological polar surface area (TPSA) is 82.7 Å². The van der Waals surface area contributed by atoms with Crippen LogP contribution in [-0.2, 0) is 0 Å². The summed E-state index contributed by atoms with van der Waals surface area (Å²) in [5.41, 5.74) is 0.562. The third-order valence-corrected chi connectivity index (χ3v) is 0.974. The van der Waals surface area contributed by atoms with Crippen LogP contribution in [0.25, 0.3) is 0 Å². The monoisotopic (exact) mass is 167 g/mol. The molecule has 1 rings (SSSR count). The number of hydrogen-bond donors (Lipinski definition) is 3. The van der Waals surface area contributed by atoms with Gasteiger partial charge in [-0.3, -0.25) is 5.32 Å². The summed E-state index contributed by atoms with van der Waals surface area (Å²) in [6.45, 7) is 5.19. The lowest BCUT2D eigenvalue weighted by Crippen LogP contribution is -2.27. The first-order chi connectivity index (χ1) is 5.68. The van der Waals surface area contributed by atoms with Crippen LogP contribution in [0.5, 0.6) is 0 Å². The number of hydrogen-bond acceptors (Lipinski definition) is 3. The van der Waals surface area contributed by atoms with Gasteiger partial charge in [-0.1, -0.05) is 6.58 Å². The minimum absolute atomic E-state index is 0.300. The molecule has 0 bridgehead atoms. The summed E-state index contributed by atoms with van der Waals surface area (Å²) >= 11 is 0. The molecule has 0 unspecified atom stereocenters. The number of amides is 2. The predicted octanol–water partition coefficient (Wildman–Crippen LogP) is 0.460. The van der Waals surface area contributed by atoms with Crippen LogP contribution in [0, 0.1) is 0 Å². The highest BCUT2D eigenvalue weighted by Crippen LogP contribution is 1.91. The van der Waals surface area contributed by atoms with Gasteiger partial charge >= 0.3 is 6.03 Å². The van der Waals surface area contributed by atoms with Crippen molar-refractivity contribution < 1.29 is 4.79 Å². The number of aromatic amines is 1. The van der Waals surface area contributed by atoms with Crippen molar-refractivity contribution in [1.29, 1.82) is 0 Å². The smallest absolute Gasteiger partial charge is 0.312 e. The lowest BCUT2D eigenvalue weighted by molar-refractivity contribution is 0.254. The molecule has 6 nitrogen and oxygen atoms in total. The van der Waals surface area contributed by atoms with E-state index < -0.39 is 0 Å². The molecule has 6 heteroatoms. The molecule has 1 aromatic rings. The van der Waals surface area contributed by atoms with Gasteiger partial charge in [0.25, 0.3) is 0 Å². The van der Waals surface area contributed by atoms with E-state index in [1.165, 1.54) is 6.33 Å². The van der Waals surface area contributed by atoms with Crippen molar-refractivity contribution in [2.45, 2.75) is 6.92 Å². The van der Waals surface area contributed by atoms with Gasteiger partial charge in [0.15, 0.2) is 0 Å². The maximum absolute atomic E-state index is 11.0. The van der Waals surface area contributed by atoms with Gasteiger partial charge in [0.05, 0.1) is 0 Å². The molecule has 2 amide bonds. The normalized spacial score (nSPS) is 9.08. The highest BCUT2D eigenvalue weighted by Gasteiger charge is 2.01. The summed E-state index contributed by atoms with van der Waals surface area (Å²) in [7, 11) is 0. The van der Waals surface area contributed by atoms with Gasteiger partial charge in [-0.25, -0.2) is 9.89 Å². The van der Waals surface area contributed by atoms with E-state index in [9.17, 15) is 4.79 Å². The Balaban J connectivity index is 2.42. The van der Waals surface area contributed by atoms with E-state index in [0.29, 0.717) is 11.6 Å². The molecular weight excluding hydrogens is 158 g/mol. The molecule has 0 aliphatic carbocycles. The second kappa shape index (κ2) is 3.51. The van der Waals surface area contributed by atoms with Crippen LogP contribution in [0.2, 0.25) is 0 Å². The van der Waals surface area contributed by atoms with Gasteiger partial charge in [-0.15, -0.1) is 0 Å². The summed E-state index contributed by atoms with van der Waals surface area (Å²) in [4.78, 5) is 14.6. The first-order valence-electron chi connectivity index (χ1n) is 3.27. The molecule has 0 atom stereocenters. The zero-order valence-electron chi connectivity index (χ0n) is 6.59. The number of carbonyl (C=O) groups excluding carboxylic acids is 1. The maximum Gasteiger partial charge on any atom is 0.325 e. The number of urea groups is 1. The minimum Gasteiger partial charge on any atom is -0.312 e. The van der Waals surface area contributed by atoms with Crippen LogP contribution in [0.15, 0.2) is 18.6 Å². The summed E-state index contributed by atoms with van der Waals surface area (Å²) in [6, 6.07) is -0.390. The Morgan fingerprint density at radius 2 is 2.50 bits per heavy atom. The van der Waals surface area contributed by atoms with Gasteiger partial charge < -0.3 is 5.32 Å². The number of nitrogens with one attached hydrogen (secondary N) is 3. The van der Waals surface area contributed by atoms with Gasteiger partial charge in [-0.05, 0) is 6.92 Å². The largest absolute Gasteiger partial charge is 0.325 e. The van der Waals surface area contributed by atoms with Crippen LogP contribution in [0.3, 0.4) is 0 Å². The molecule has 0 aromatic carbocycles. The fraction of sp³-hybridized carbons (Fsp3) is 0.167. The maximum atomic E-state index is 11.0. The number of anilines is 1. The van der Waals surface area contributed by atoms with Gasteiger partial charge in [0.1, 0.15) is 6.33 Å². The molecule has 12 heavy (non-hydrogen) atoms. The molecule has 0 spiro atoms. The second-order valence-electron chi connectivity index (χ2n) is 2.19. The van der Waals surface area contributed by atoms with E-state index >= 15 is 0 Å². The molecule has 3 N–H and O–H groups in total. The highest BCUT2D eigenvalue weighted by atomic mass is 16.2. The Kier molecular flexibility index (Phi) is 2.42. The fourth-order valence-corrected chi connectivity index (χ4v) is 0.598. The standard InChI is InChI=1S/C6H9N5O/c1-4(2)9-6(12)10-5-7-3-8-11-5/h3H,1H2,2H3,(H3,7,8,9,10,11,12). The molecule has 0 saturated heterocycles. The SMILES string of the molecule is C=C(C)NC(=O)Nc1ncn[nH]1. The van der Waals surface area contributed by atoms with Gasteiger partial charge in [-0.2, -0.15) is 10.1 Å². The predicted molar refractivity (Wildman–Crippen MR) is 43.4 cm³/mol. The Hall–Kier alpha value is -1.85. The van der Waals surface area contributed by atoms with Crippen LogP contribution in [-0.4, -0.2) is 21.2 Å². The molecule has 64 valence electrons. The fourth-order valence-electron chi connectivity index (χ4n) is 0.598. The number of H-pyrrole nitrogens is 1. The molecule has 0 saturated carbocycles. The average molecular weight is 167 g/mol. The van der Waals surface area contributed by atoms with Gasteiger partial charge in [0, 0.05) is 5.70 Å². The van der Waals surface area contributed by atoms with Crippen molar-refractivity contribution in [3.8, 4) is 0 Å². The second-order valence-corrected chi connectivity index (χ2v) is 2.19. The molecule has 1 heterocycles. The molecule has 0 radical (unpaired) electrons. The lowest BCUT2D eigenvalue weighted by atomic mass is 10.6. The third-order valence-electron chi connectivity index (χ3n) is 0.974. The Morgan fingerprint density at radius 3 is 3.00 bits per heavy atom. The molecule has 0 fully saturated rings. The first kappa shape index (κ1) is 8.25. The van der Waals surface area contributed by atoms with Crippen LogP contribution in [0.4, 0.5) is 10.7 Å². The van der Waals surface area contributed by atoms with Crippen LogP contribution in [0.1, 0.15) is 6.92 Å². The Bertz CT molecular complexity index is 278. The van der Waals surface area contributed by atoms with Crippen molar-refractivity contribution in [2.24, 2.45) is 0 Å². The van der Waals surface area contributed by atoms with E-state index in [4.69, 9.17) is 0 Å². The van der Waals surface area contributed by atoms with E-state index in [0.717, 1.165) is 0 Å². The average Bonchev–Trinajstić information content (AvgIpc) is 2.37. The summed E-state index contributed by atoms with van der Waals surface area (Å²) < 4.78 is 0. The Labute approximate surface area is 69.1 Å². The number of rotatable bonds is 2.